The standard InChI is InChI=1S/C23H33N5O3S/c1-13(2)10-11-26-22(30)17(12-14(3)4)28(16-8-6-15(5)7-9-16)23(31)20-18(24)19(21(25)29)27-32-20/h6-9,13-14,17H,10-12,24H2,1-5H3,(H2,25,29)(H,26,30). The van der Waals surface area contributed by atoms with Gasteiger partial charge in [-0.15, -0.1) is 0 Å². The Hall–Kier alpha value is -2.94. The Morgan fingerprint density at radius 1 is 1.09 bits per heavy atom. The first kappa shape index (κ1) is 25.3. The van der Waals surface area contributed by atoms with Crippen LogP contribution in [0.3, 0.4) is 0 Å². The first-order chi connectivity index (χ1) is 15.0. The van der Waals surface area contributed by atoms with Crippen LogP contribution >= 0.6 is 11.5 Å². The van der Waals surface area contributed by atoms with Gasteiger partial charge in [-0.2, -0.15) is 4.37 Å². The molecule has 3 amide bonds. The van der Waals surface area contributed by atoms with Gasteiger partial charge in [0.05, 0.1) is 5.69 Å². The van der Waals surface area contributed by atoms with Gasteiger partial charge in [0.1, 0.15) is 10.9 Å². The van der Waals surface area contributed by atoms with Gasteiger partial charge in [0.2, 0.25) is 5.91 Å². The number of carbonyl (C=O) groups excluding carboxylic acids is 3. The lowest BCUT2D eigenvalue weighted by molar-refractivity contribution is -0.122. The van der Waals surface area contributed by atoms with Gasteiger partial charge < -0.3 is 16.8 Å². The molecule has 32 heavy (non-hydrogen) atoms. The first-order valence-corrected chi connectivity index (χ1v) is 11.5. The first-order valence-electron chi connectivity index (χ1n) is 10.8. The van der Waals surface area contributed by atoms with Gasteiger partial charge in [-0.25, -0.2) is 0 Å². The van der Waals surface area contributed by atoms with Crippen LogP contribution in [-0.2, 0) is 4.79 Å². The number of primary amides is 1. The average Bonchev–Trinajstić information content (AvgIpc) is 3.09. The minimum atomic E-state index is -0.801. The highest BCUT2D eigenvalue weighted by Crippen LogP contribution is 2.29. The normalized spacial score (nSPS) is 12.1. The molecule has 1 heterocycles. The fraction of sp³-hybridized carbons (Fsp3) is 0.478. The Bertz CT molecular complexity index is 953. The van der Waals surface area contributed by atoms with Gasteiger partial charge in [0, 0.05) is 12.2 Å². The molecule has 0 aliphatic rings. The van der Waals surface area contributed by atoms with Crippen LogP contribution in [0.1, 0.15) is 66.3 Å². The lowest BCUT2D eigenvalue weighted by atomic mass is 9.99. The van der Waals surface area contributed by atoms with E-state index in [2.05, 4.69) is 23.5 Å². The highest BCUT2D eigenvalue weighted by atomic mass is 32.1. The minimum absolute atomic E-state index is 0.0619. The van der Waals surface area contributed by atoms with E-state index < -0.39 is 17.9 Å². The van der Waals surface area contributed by atoms with Crippen LogP contribution in [-0.4, -0.2) is 34.7 Å². The second-order valence-corrected chi connectivity index (χ2v) is 9.54. The number of rotatable bonds is 10. The number of amides is 3. The number of nitrogens with zero attached hydrogens (tertiary/aromatic N) is 2. The van der Waals surface area contributed by atoms with Crippen LogP contribution in [0.2, 0.25) is 0 Å². The summed E-state index contributed by atoms with van der Waals surface area (Å²) < 4.78 is 3.95. The molecule has 1 aromatic heterocycles. The fourth-order valence-corrected chi connectivity index (χ4v) is 4.00. The molecule has 9 heteroatoms. The lowest BCUT2D eigenvalue weighted by Gasteiger charge is -2.32. The maximum Gasteiger partial charge on any atom is 0.272 e. The molecule has 174 valence electrons. The lowest BCUT2D eigenvalue weighted by Crippen LogP contribution is -2.51. The summed E-state index contributed by atoms with van der Waals surface area (Å²) in [6, 6.07) is 6.60. The maximum atomic E-state index is 13.7. The summed E-state index contributed by atoms with van der Waals surface area (Å²) in [5.41, 5.74) is 12.8. The van der Waals surface area contributed by atoms with Crippen molar-refractivity contribution in [1.29, 1.82) is 0 Å². The molecule has 2 aromatic rings. The third-order valence-corrected chi connectivity index (χ3v) is 5.87. The molecule has 0 bridgehead atoms. The van der Waals surface area contributed by atoms with Crippen molar-refractivity contribution in [1.82, 2.24) is 9.69 Å². The zero-order chi connectivity index (χ0) is 24.0. The maximum absolute atomic E-state index is 13.7. The monoisotopic (exact) mass is 459 g/mol. The van der Waals surface area contributed by atoms with Crippen LogP contribution in [0, 0.1) is 18.8 Å². The largest absolute Gasteiger partial charge is 0.395 e. The number of benzene rings is 1. The molecule has 1 unspecified atom stereocenters. The Kier molecular flexibility index (Phi) is 8.77. The number of aromatic nitrogens is 1. The Balaban J connectivity index is 2.51. The molecule has 0 aliphatic carbocycles. The number of hydrogen-bond acceptors (Lipinski definition) is 6. The number of nitrogen functional groups attached to an aromatic ring is 1. The predicted octanol–water partition coefficient (Wildman–Crippen LogP) is 3.36. The van der Waals surface area contributed by atoms with Gasteiger partial charge in [0.25, 0.3) is 11.8 Å². The highest BCUT2D eigenvalue weighted by Gasteiger charge is 2.35. The molecule has 0 aliphatic heterocycles. The molecule has 1 atom stereocenters. The molecule has 1 aromatic carbocycles. The van der Waals surface area contributed by atoms with Crippen molar-refractivity contribution in [2.75, 3.05) is 17.2 Å². The van der Waals surface area contributed by atoms with Crippen LogP contribution in [0.5, 0.6) is 0 Å². The van der Waals surface area contributed by atoms with Gasteiger partial charge in [0.15, 0.2) is 5.69 Å². The third kappa shape index (κ3) is 6.29. The van der Waals surface area contributed by atoms with Crippen molar-refractivity contribution in [3.63, 3.8) is 0 Å². The summed E-state index contributed by atoms with van der Waals surface area (Å²) in [5.74, 6) is -0.924. The topological polar surface area (TPSA) is 131 Å². The zero-order valence-electron chi connectivity index (χ0n) is 19.3. The van der Waals surface area contributed by atoms with Crippen LogP contribution in [0.25, 0.3) is 0 Å². The fourth-order valence-electron chi connectivity index (χ4n) is 3.26. The number of aryl methyl sites for hydroxylation is 1. The van der Waals surface area contributed by atoms with E-state index in [1.54, 1.807) is 12.1 Å². The van der Waals surface area contributed by atoms with Crippen molar-refractivity contribution >= 4 is 40.6 Å². The summed E-state index contributed by atoms with van der Waals surface area (Å²) in [6.45, 7) is 10.6. The van der Waals surface area contributed by atoms with E-state index in [4.69, 9.17) is 11.5 Å². The Morgan fingerprint density at radius 2 is 1.72 bits per heavy atom. The summed E-state index contributed by atoms with van der Waals surface area (Å²) in [7, 11) is 0. The second kappa shape index (κ2) is 11.1. The number of anilines is 2. The molecule has 0 radical (unpaired) electrons. The smallest absolute Gasteiger partial charge is 0.272 e. The van der Waals surface area contributed by atoms with Crippen LogP contribution in [0.4, 0.5) is 11.4 Å². The van der Waals surface area contributed by atoms with Crippen molar-refractivity contribution < 1.29 is 14.4 Å². The number of nitrogens with one attached hydrogen (secondary N) is 1. The molecule has 0 spiro atoms. The van der Waals surface area contributed by atoms with E-state index in [1.165, 1.54) is 4.90 Å². The van der Waals surface area contributed by atoms with Crippen molar-refractivity contribution in [3.8, 4) is 0 Å². The third-order valence-electron chi connectivity index (χ3n) is 5.02. The molecule has 8 nitrogen and oxygen atoms in total. The van der Waals surface area contributed by atoms with Gasteiger partial charge in [-0.1, -0.05) is 45.4 Å². The average molecular weight is 460 g/mol. The van der Waals surface area contributed by atoms with Crippen LogP contribution in [0.15, 0.2) is 24.3 Å². The molecule has 0 fully saturated rings. The van der Waals surface area contributed by atoms with E-state index in [-0.39, 0.29) is 28.1 Å². The van der Waals surface area contributed by atoms with E-state index >= 15 is 0 Å². The molecular formula is C23H33N5O3S. The van der Waals surface area contributed by atoms with E-state index in [0.717, 1.165) is 23.5 Å². The van der Waals surface area contributed by atoms with E-state index in [0.29, 0.717) is 24.6 Å². The Labute approximate surface area is 193 Å². The number of nitrogens with two attached hydrogens (primary N) is 2. The van der Waals surface area contributed by atoms with Gasteiger partial charge in [-0.3, -0.25) is 19.3 Å². The molecular weight excluding hydrogens is 426 g/mol. The number of hydrogen-bond donors (Lipinski definition) is 3. The van der Waals surface area contributed by atoms with Crippen molar-refractivity contribution in [2.45, 2.75) is 53.5 Å². The zero-order valence-corrected chi connectivity index (χ0v) is 20.2. The quantitative estimate of drug-likeness (QED) is 0.501. The predicted molar refractivity (Wildman–Crippen MR) is 129 cm³/mol. The van der Waals surface area contributed by atoms with E-state index in [9.17, 15) is 14.4 Å². The highest BCUT2D eigenvalue weighted by molar-refractivity contribution is 7.09. The summed E-state index contributed by atoms with van der Waals surface area (Å²) in [4.78, 5) is 40.1. The molecule has 2 rings (SSSR count). The van der Waals surface area contributed by atoms with Gasteiger partial charge >= 0.3 is 0 Å². The SMILES string of the molecule is Cc1ccc(N(C(=O)c2snc(C(N)=O)c2N)C(CC(C)C)C(=O)NCCC(C)C)cc1. The van der Waals surface area contributed by atoms with E-state index in [1.807, 2.05) is 32.9 Å². The molecule has 5 N–H and O–H groups in total. The second-order valence-electron chi connectivity index (χ2n) is 8.77. The summed E-state index contributed by atoms with van der Waals surface area (Å²) in [5, 5.41) is 2.98. The van der Waals surface area contributed by atoms with Crippen molar-refractivity contribution in [3.05, 3.63) is 40.4 Å². The summed E-state index contributed by atoms with van der Waals surface area (Å²) >= 11 is 0.810. The number of carbonyl (C=O) groups is 3. The molecule has 0 saturated carbocycles. The summed E-state index contributed by atoms with van der Waals surface area (Å²) in [6.07, 6.45) is 1.29. The Morgan fingerprint density at radius 3 is 2.22 bits per heavy atom. The van der Waals surface area contributed by atoms with Gasteiger partial charge in [-0.05, 0) is 55.3 Å². The van der Waals surface area contributed by atoms with Crippen molar-refractivity contribution in [2.24, 2.45) is 17.6 Å². The molecule has 0 saturated heterocycles. The minimum Gasteiger partial charge on any atom is -0.395 e. The van der Waals surface area contributed by atoms with Crippen LogP contribution < -0.4 is 21.7 Å².